The number of primary amides is 1. The van der Waals surface area contributed by atoms with E-state index < -0.39 is 18.0 Å². The monoisotopic (exact) mass is 326 g/mol. The summed E-state index contributed by atoms with van der Waals surface area (Å²) in [7, 11) is 0. The number of amides is 4. The van der Waals surface area contributed by atoms with E-state index in [0.29, 0.717) is 16.9 Å². The van der Waals surface area contributed by atoms with E-state index in [1.165, 1.54) is 6.92 Å². The predicted molar refractivity (Wildman–Crippen MR) is 91.3 cm³/mol. The summed E-state index contributed by atoms with van der Waals surface area (Å²) < 4.78 is 0. The van der Waals surface area contributed by atoms with Crippen molar-refractivity contribution in [1.82, 2.24) is 5.32 Å². The standard InChI is InChI=1S/C17H18N4O3/c1-11(22)19-13-7-9-14(10-8-13)20-15(16(23)21-17(18)24)12-5-3-2-4-6-12/h2-10,15,20H,1H3,(H,19,22)(H3,18,21,23,24)/t15-/m1/s1. The minimum Gasteiger partial charge on any atom is -0.370 e. The Bertz CT molecular complexity index is 729. The van der Waals surface area contributed by atoms with Crippen LogP contribution in [-0.2, 0) is 9.59 Å². The molecule has 0 heterocycles. The fourth-order valence-electron chi connectivity index (χ4n) is 2.16. The second kappa shape index (κ2) is 7.77. The van der Waals surface area contributed by atoms with Gasteiger partial charge in [0.2, 0.25) is 5.91 Å². The summed E-state index contributed by atoms with van der Waals surface area (Å²) in [6.45, 7) is 1.42. The fourth-order valence-corrected chi connectivity index (χ4v) is 2.16. The predicted octanol–water partition coefficient (Wildman–Crippen LogP) is 1.99. The molecule has 0 unspecified atom stereocenters. The molecule has 0 saturated carbocycles. The van der Waals surface area contributed by atoms with E-state index in [0.717, 1.165) is 0 Å². The van der Waals surface area contributed by atoms with Gasteiger partial charge >= 0.3 is 6.03 Å². The van der Waals surface area contributed by atoms with Crippen LogP contribution in [0.3, 0.4) is 0 Å². The number of hydrogen-bond acceptors (Lipinski definition) is 4. The number of benzene rings is 2. The number of imide groups is 1. The van der Waals surface area contributed by atoms with E-state index in [1.54, 1.807) is 48.5 Å². The summed E-state index contributed by atoms with van der Waals surface area (Å²) in [6.07, 6.45) is 0. The van der Waals surface area contributed by atoms with E-state index >= 15 is 0 Å². The van der Waals surface area contributed by atoms with Gasteiger partial charge in [-0.05, 0) is 29.8 Å². The number of hydrogen-bond donors (Lipinski definition) is 4. The molecule has 124 valence electrons. The van der Waals surface area contributed by atoms with Crippen LogP contribution in [0.15, 0.2) is 54.6 Å². The van der Waals surface area contributed by atoms with Crippen LogP contribution in [0.1, 0.15) is 18.5 Å². The Kier molecular flexibility index (Phi) is 5.51. The summed E-state index contributed by atoms with van der Waals surface area (Å²) in [5.74, 6) is -0.724. The molecular weight excluding hydrogens is 308 g/mol. The Morgan fingerprint density at radius 3 is 2.04 bits per heavy atom. The van der Waals surface area contributed by atoms with Gasteiger partial charge in [-0.1, -0.05) is 30.3 Å². The van der Waals surface area contributed by atoms with Crippen molar-refractivity contribution in [2.45, 2.75) is 13.0 Å². The van der Waals surface area contributed by atoms with Gasteiger partial charge in [-0.25, -0.2) is 4.79 Å². The molecule has 0 fully saturated rings. The number of anilines is 2. The van der Waals surface area contributed by atoms with Crippen molar-refractivity contribution in [2.24, 2.45) is 5.73 Å². The first-order valence-corrected chi connectivity index (χ1v) is 7.25. The van der Waals surface area contributed by atoms with Crippen LogP contribution in [0.4, 0.5) is 16.2 Å². The van der Waals surface area contributed by atoms with E-state index in [1.807, 2.05) is 6.07 Å². The van der Waals surface area contributed by atoms with Gasteiger partial charge in [0.1, 0.15) is 6.04 Å². The smallest absolute Gasteiger partial charge is 0.318 e. The molecular formula is C17H18N4O3. The highest BCUT2D eigenvalue weighted by Crippen LogP contribution is 2.21. The fraction of sp³-hybridized carbons (Fsp3) is 0.118. The lowest BCUT2D eigenvalue weighted by atomic mass is 10.1. The zero-order chi connectivity index (χ0) is 17.5. The van der Waals surface area contributed by atoms with Crippen LogP contribution in [0.2, 0.25) is 0 Å². The molecule has 0 aromatic heterocycles. The molecule has 5 N–H and O–H groups in total. The summed E-state index contributed by atoms with van der Waals surface area (Å²) in [5.41, 5.74) is 7.01. The third-order valence-electron chi connectivity index (χ3n) is 3.16. The van der Waals surface area contributed by atoms with Crippen LogP contribution in [-0.4, -0.2) is 17.8 Å². The molecule has 0 aliphatic carbocycles. The van der Waals surface area contributed by atoms with Gasteiger partial charge in [0.25, 0.3) is 5.91 Å². The van der Waals surface area contributed by atoms with E-state index in [4.69, 9.17) is 5.73 Å². The van der Waals surface area contributed by atoms with Crippen molar-refractivity contribution < 1.29 is 14.4 Å². The summed E-state index contributed by atoms with van der Waals surface area (Å²) in [4.78, 5) is 34.2. The minimum absolute atomic E-state index is 0.168. The Morgan fingerprint density at radius 2 is 1.50 bits per heavy atom. The lowest BCUT2D eigenvalue weighted by Crippen LogP contribution is -2.40. The zero-order valence-electron chi connectivity index (χ0n) is 13.1. The highest BCUT2D eigenvalue weighted by atomic mass is 16.2. The lowest BCUT2D eigenvalue weighted by molar-refractivity contribution is -0.120. The summed E-state index contributed by atoms with van der Waals surface area (Å²) >= 11 is 0. The van der Waals surface area contributed by atoms with Crippen LogP contribution in [0, 0.1) is 0 Å². The first-order valence-electron chi connectivity index (χ1n) is 7.25. The molecule has 7 nitrogen and oxygen atoms in total. The molecule has 0 aliphatic rings. The maximum Gasteiger partial charge on any atom is 0.318 e. The summed E-state index contributed by atoms with van der Waals surface area (Å²) in [6, 6.07) is 14.1. The van der Waals surface area contributed by atoms with Crippen LogP contribution < -0.4 is 21.7 Å². The third kappa shape index (κ3) is 4.84. The van der Waals surface area contributed by atoms with Crippen molar-refractivity contribution in [1.29, 1.82) is 0 Å². The van der Waals surface area contributed by atoms with Gasteiger partial charge < -0.3 is 16.4 Å². The largest absolute Gasteiger partial charge is 0.370 e. The van der Waals surface area contributed by atoms with Crippen LogP contribution in [0.5, 0.6) is 0 Å². The molecule has 1 atom stereocenters. The van der Waals surface area contributed by atoms with Crippen molar-refractivity contribution in [3.8, 4) is 0 Å². The molecule has 2 rings (SSSR count). The SMILES string of the molecule is CC(=O)Nc1ccc(N[C@@H](C(=O)NC(N)=O)c2ccccc2)cc1. The molecule has 7 heteroatoms. The van der Waals surface area contributed by atoms with Gasteiger partial charge in [-0.3, -0.25) is 14.9 Å². The maximum absolute atomic E-state index is 12.2. The first-order chi connectivity index (χ1) is 11.5. The average molecular weight is 326 g/mol. The van der Waals surface area contributed by atoms with Crippen LogP contribution >= 0.6 is 0 Å². The van der Waals surface area contributed by atoms with Gasteiger partial charge in [-0.2, -0.15) is 0 Å². The second-order valence-electron chi connectivity index (χ2n) is 5.10. The van der Waals surface area contributed by atoms with Gasteiger partial charge in [-0.15, -0.1) is 0 Å². The Balaban J connectivity index is 2.20. The van der Waals surface area contributed by atoms with Crippen molar-refractivity contribution in [2.75, 3.05) is 10.6 Å². The van der Waals surface area contributed by atoms with Crippen LogP contribution in [0.25, 0.3) is 0 Å². The number of nitrogens with two attached hydrogens (primary N) is 1. The van der Waals surface area contributed by atoms with Crippen molar-refractivity contribution in [3.05, 3.63) is 60.2 Å². The molecule has 24 heavy (non-hydrogen) atoms. The Labute approximate surface area is 139 Å². The third-order valence-corrected chi connectivity index (χ3v) is 3.16. The highest BCUT2D eigenvalue weighted by Gasteiger charge is 2.21. The normalized spacial score (nSPS) is 11.2. The Morgan fingerprint density at radius 1 is 0.917 bits per heavy atom. The molecule has 0 saturated heterocycles. The highest BCUT2D eigenvalue weighted by molar-refractivity contribution is 5.98. The van der Waals surface area contributed by atoms with Gasteiger partial charge in [0, 0.05) is 18.3 Å². The number of carbonyl (C=O) groups excluding carboxylic acids is 3. The van der Waals surface area contributed by atoms with Gasteiger partial charge in [0.05, 0.1) is 0 Å². The number of nitrogens with one attached hydrogen (secondary N) is 3. The number of rotatable bonds is 5. The van der Waals surface area contributed by atoms with E-state index in [-0.39, 0.29) is 5.91 Å². The molecule has 2 aromatic rings. The van der Waals surface area contributed by atoms with Gasteiger partial charge in [0.15, 0.2) is 0 Å². The summed E-state index contributed by atoms with van der Waals surface area (Å²) in [5, 5.41) is 7.79. The first kappa shape index (κ1) is 17.0. The molecule has 2 aromatic carbocycles. The molecule has 0 aliphatic heterocycles. The Hall–Kier alpha value is -3.35. The lowest BCUT2D eigenvalue weighted by Gasteiger charge is -2.19. The quantitative estimate of drug-likeness (QED) is 0.673. The van der Waals surface area contributed by atoms with E-state index in [2.05, 4.69) is 16.0 Å². The average Bonchev–Trinajstić information content (AvgIpc) is 2.53. The molecule has 0 radical (unpaired) electrons. The molecule has 0 spiro atoms. The van der Waals surface area contributed by atoms with E-state index in [9.17, 15) is 14.4 Å². The molecule has 0 bridgehead atoms. The molecule has 4 amide bonds. The maximum atomic E-state index is 12.2. The topological polar surface area (TPSA) is 113 Å². The second-order valence-corrected chi connectivity index (χ2v) is 5.10. The minimum atomic E-state index is -0.913. The number of urea groups is 1. The zero-order valence-corrected chi connectivity index (χ0v) is 13.1. The number of carbonyl (C=O) groups is 3. The van der Waals surface area contributed by atoms with Crippen molar-refractivity contribution in [3.63, 3.8) is 0 Å². The van der Waals surface area contributed by atoms with Crippen molar-refractivity contribution >= 4 is 29.2 Å².